The lowest BCUT2D eigenvalue weighted by Gasteiger charge is -2.16. The van der Waals surface area contributed by atoms with Crippen molar-refractivity contribution in [2.45, 2.75) is 24.9 Å². The number of carboxylic acid groups (broad SMARTS) is 1. The summed E-state index contributed by atoms with van der Waals surface area (Å²) in [4.78, 5) is 13.2. The summed E-state index contributed by atoms with van der Waals surface area (Å²) in [5, 5.41) is 8.52. The van der Waals surface area contributed by atoms with Gasteiger partial charge in [-0.2, -0.15) is 13.2 Å². The number of alkyl halides is 3. The number of anilines is 1. The molecule has 0 unspecified atom stereocenters. The molecule has 0 aliphatic heterocycles. The summed E-state index contributed by atoms with van der Waals surface area (Å²) < 4.78 is 66.4. The topological polar surface area (TPSA) is 99.3 Å². The zero-order valence-electron chi connectivity index (χ0n) is 12.8. The minimum absolute atomic E-state index is 0.0158. The van der Waals surface area contributed by atoms with Crippen LogP contribution in [-0.4, -0.2) is 24.5 Å². The van der Waals surface area contributed by atoms with E-state index in [1.165, 1.54) is 13.8 Å². The molecular weight excluding hydrogens is 385 g/mol. The smallest absolute Gasteiger partial charge is 0.419 e. The third kappa shape index (κ3) is 3.59. The van der Waals surface area contributed by atoms with Gasteiger partial charge in [-0.25, -0.2) is 13.2 Å². The van der Waals surface area contributed by atoms with E-state index in [0.29, 0.717) is 0 Å². The SMILES string of the molecule is Cc1[nH]c(C)c(S(=O)(=O)Nc2cccc(Cl)c2C(F)(F)F)c1C(=O)O. The Hall–Kier alpha value is -2.20. The van der Waals surface area contributed by atoms with Crippen LogP contribution in [0.4, 0.5) is 18.9 Å². The van der Waals surface area contributed by atoms with Gasteiger partial charge in [0.25, 0.3) is 10.0 Å². The Labute approximate surface area is 145 Å². The Morgan fingerprint density at radius 1 is 1.24 bits per heavy atom. The molecule has 0 aliphatic rings. The van der Waals surface area contributed by atoms with Gasteiger partial charge >= 0.3 is 12.1 Å². The summed E-state index contributed by atoms with van der Waals surface area (Å²) in [6, 6.07) is 3.00. The summed E-state index contributed by atoms with van der Waals surface area (Å²) in [5.41, 5.74) is -2.65. The lowest BCUT2D eigenvalue weighted by atomic mass is 10.2. The maximum absolute atomic E-state index is 13.2. The van der Waals surface area contributed by atoms with Crippen LogP contribution in [0.3, 0.4) is 0 Å². The number of carboxylic acids is 1. The molecule has 2 aromatic rings. The number of carbonyl (C=O) groups is 1. The van der Waals surface area contributed by atoms with E-state index in [9.17, 15) is 31.5 Å². The number of sulfonamides is 1. The first-order valence-corrected chi connectivity index (χ1v) is 8.53. The van der Waals surface area contributed by atoms with Crippen LogP contribution in [0.5, 0.6) is 0 Å². The number of benzene rings is 1. The van der Waals surface area contributed by atoms with E-state index < -0.39 is 48.9 Å². The second-order valence-electron chi connectivity index (χ2n) is 5.15. The van der Waals surface area contributed by atoms with E-state index in [2.05, 4.69) is 4.98 Å². The van der Waals surface area contributed by atoms with Gasteiger partial charge in [-0.3, -0.25) is 4.72 Å². The van der Waals surface area contributed by atoms with E-state index >= 15 is 0 Å². The van der Waals surface area contributed by atoms with E-state index in [1.807, 2.05) is 0 Å². The zero-order valence-corrected chi connectivity index (χ0v) is 14.4. The lowest BCUT2D eigenvalue weighted by molar-refractivity contribution is -0.136. The van der Waals surface area contributed by atoms with Crippen molar-refractivity contribution in [2.75, 3.05) is 4.72 Å². The molecule has 6 nitrogen and oxygen atoms in total. The number of nitrogens with one attached hydrogen (secondary N) is 2. The molecule has 0 amide bonds. The number of rotatable bonds is 4. The van der Waals surface area contributed by atoms with Crippen LogP contribution in [-0.2, 0) is 16.2 Å². The largest absolute Gasteiger partial charge is 0.478 e. The molecule has 11 heteroatoms. The van der Waals surface area contributed by atoms with Gasteiger partial charge in [0.2, 0.25) is 0 Å². The Morgan fingerprint density at radius 2 is 1.84 bits per heavy atom. The molecule has 0 fully saturated rings. The maximum Gasteiger partial charge on any atom is 0.419 e. The summed E-state index contributed by atoms with van der Waals surface area (Å²) in [5.74, 6) is -1.52. The molecule has 1 heterocycles. The van der Waals surface area contributed by atoms with Crippen molar-refractivity contribution in [2.24, 2.45) is 0 Å². The molecule has 0 radical (unpaired) electrons. The fourth-order valence-electron chi connectivity index (χ4n) is 2.44. The monoisotopic (exact) mass is 396 g/mol. The summed E-state index contributed by atoms with van der Waals surface area (Å²) in [7, 11) is -4.62. The summed E-state index contributed by atoms with van der Waals surface area (Å²) in [6.07, 6.45) is -4.91. The number of aromatic nitrogens is 1. The second kappa shape index (κ2) is 6.26. The molecule has 0 bridgehead atoms. The predicted octanol–water partition coefficient (Wildman–Crippen LogP) is 3.80. The van der Waals surface area contributed by atoms with E-state index in [1.54, 1.807) is 4.72 Å². The highest BCUT2D eigenvalue weighted by atomic mass is 35.5. The van der Waals surface area contributed by atoms with Crippen molar-refractivity contribution in [1.82, 2.24) is 4.98 Å². The van der Waals surface area contributed by atoms with Crippen LogP contribution in [0.1, 0.15) is 27.3 Å². The van der Waals surface area contributed by atoms with Gasteiger partial charge in [0.1, 0.15) is 10.5 Å². The molecule has 0 saturated carbocycles. The maximum atomic E-state index is 13.2. The summed E-state index contributed by atoms with van der Waals surface area (Å²) in [6.45, 7) is 2.65. The molecule has 0 saturated heterocycles. The van der Waals surface area contributed by atoms with Crippen LogP contribution in [0.15, 0.2) is 23.1 Å². The van der Waals surface area contributed by atoms with Gasteiger partial charge in [-0.1, -0.05) is 17.7 Å². The Bertz CT molecular complexity index is 952. The number of hydrogen-bond donors (Lipinski definition) is 3. The minimum Gasteiger partial charge on any atom is -0.478 e. The first kappa shape index (κ1) is 19.1. The molecule has 2 rings (SSSR count). The first-order valence-electron chi connectivity index (χ1n) is 6.67. The first-order chi connectivity index (χ1) is 11.4. The summed E-state index contributed by atoms with van der Waals surface area (Å²) >= 11 is 5.55. The molecule has 0 aliphatic carbocycles. The highest BCUT2D eigenvalue weighted by molar-refractivity contribution is 7.92. The van der Waals surface area contributed by atoms with Crippen LogP contribution >= 0.6 is 11.6 Å². The van der Waals surface area contributed by atoms with Crippen LogP contribution in [0, 0.1) is 13.8 Å². The van der Waals surface area contributed by atoms with Gasteiger partial charge in [0.05, 0.1) is 16.3 Å². The Kier molecular flexibility index (Phi) is 4.79. The number of halogens is 4. The molecule has 136 valence electrons. The van der Waals surface area contributed by atoms with Gasteiger partial charge in [0, 0.05) is 11.4 Å². The molecule has 0 atom stereocenters. The number of hydrogen-bond acceptors (Lipinski definition) is 3. The predicted molar refractivity (Wildman–Crippen MR) is 84.5 cm³/mol. The van der Waals surface area contributed by atoms with Crippen molar-refractivity contribution in [1.29, 1.82) is 0 Å². The van der Waals surface area contributed by atoms with Crippen molar-refractivity contribution >= 4 is 33.3 Å². The molecular formula is C14H12ClF3N2O4S. The molecule has 1 aromatic carbocycles. The van der Waals surface area contributed by atoms with Gasteiger partial charge in [0.15, 0.2) is 0 Å². The van der Waals surface area contributed by atoms with Crippen molar-refractivity contribution in [3.05, 3.63) is 45.7 Å². The van der Waals surface area contributed by atoms with Gasteiger partial charge in [-0.15, -0.1) is 0 Å². The zero-order chi connectivity index (χ0) is 19.2. The molecule has 25 heavy (non-hydrogen) atoms. The van der Waals surface area contributed by atoms with Crippen LogP contribution in [0.25, 0.3) is 0 Å². The number of aromatic amines is 1. The number of aromatic carboxylic acids is 1. The molecule has 0 spiro atoms. The number of H-pyrrole nitrogens is 1. The standard InChI is InChI=1S/C14H12ClF3N2O4S/c1-6-10(13(21)22)12(7(2)19-6)25(23,24)20-9-5-3-4-8(15)11(9)14(16,17)18/h3-5,19-20H,1-2H3,(H,21,22). The fourth-order valence-corrected chi connectivity index (χ4v) is 4.25. The number of aryl methyl sites for hydroxylation is 2. The highest BCUT2D eigenvalue weighted by Gasteiger charge is 2.38. The molecule has 1 aromatic heterocycles. The minimum atomic E-state index is -4.91. The second-order valence-corrected chi connectivity index (χ2v) is 7.18. The van der Waals surface area contributed by atoms with Crippen LogP contribution in [0.2, 0.25) is 5.02 Å². The average Bonchev–Trinajstić information content (AvgIpc) is 2.72. The van der Waals surface area contributed by atoms with E-state index in [4.69, 9.17) is 11.6 Å². The normalized spacial score (nSPS) is 12.2. The average molecular weight is 397 g/mol. The van der Waals surface area contributed by atoms with Gasteiger partial charge in [-0.05, 0) is 26.0 Å². The third-order valence-corrected chi connectivity index (χ3v) is 5.19. The van der Waals surface area contributed by atoms with E-state index in [-0.39, 0.29) is 11.4 Å². The lowest BCUT2D eigenvalue weighted by Crippen LogP contribution is -2.20. The van der Waals surface area contributed by atoms with Gasteiger partial charge < -0.3 is 10.1 Å². The fraction of sp³-hybridized carbons (Fsp3) is 0.214. The quantitative estimate of drug-likeness (QED) is 0.731. The van der Waals surface area contributed by atoms with Crippen molar-refractivity contribution in [3.8, 4) is 0 Å². The third-order valence-electron chi connectivity index (χ3n) is 3.34. The van der Waals surface area contributed by atoms with Crippen LogP contribution < -0.4 is 4.72 Å². The Balaban J connectivity index is 2.64. The highest BCUT2D eigenvalue weighted by Crippen LogP contribution is 2.40. The van der Waals surface area contributed by atoms with Crippen molar-refractivity contribution < 1.29 is 31.5 Å². The van der Waals surface area contributed by atoms with E-state index in [0.717, 1.165) is 18.2 Å². The molecule has 3 N–H and O–H groups in total. The Morgan fingerprint density at radius 3 is 2.36 bits per heavy atom. The van der Waals surface area contributed by atoms with Crippen molar-refractivity contribution in [3.63, 3.8) is 0 Å².